The smallest absolute Gasteiger partial charge is 0.240 e. The maximum absolute atomic E-state index is 5.36. The van der Waals surface area contributed by atoms with Gasteiger partial charge >= 0.3 is 0 Å². The predicted molar refractivity (Wildman–Crippen MR) is 49.1 cm³/mol. The average Bonchev–Trinajstić information content (AvgIpc) is 2.85. The zero-order valence-electron chi connectivity index (χ0n) is 7.84. The van der Waals surface area contributed by atoms with Crippen LogP contribution in [0.3, 0.4) is 0 Å². The van der Waals surface area contributed by atoms with E-state index in [0.29, 0.717) is 17.5 Å². The summed E-state index contributed by atoms with van der Waals surface area (Å²) in [6, 6.07) is 0. The lowest BCUT2D eigenvalue weighted by Gasteiger charge is -1.98. The van der Waals surface area contributed by atoms with Gasteiger partial charge in [-0.05, 0) is 6.92 Å². The standard InChI is InChI=1S/C8H11N5O/c1-2-13-4-3-10-8(13)7-11-6(5-9)14-12-7/h3-4H,2,5,9H2,1H3. The van der Waals surface area contributed by atoms with Crippen LogP contribution in [0.4, 0.5) is 0 Å². The Balaban J connectivity index is 2.38. The Morgan fingerprint density at radius 1 is 1.57 bits per heavy atom. The van der Waals surface area contributed by atoms with Crippen LogP contribution >= 0.6 is 0 Å². The van der Waals surface area contributed by atoms with E-state index in [1.807, 2.05) is 17.7 Å². The molecule has 2 aromatic rings. The highest BCUT2D eigenvalue weighted by molar-refractivity contribution is 5.42. The van der Waals surface area contributed by atoms with E-state index >= 15 is 0 Å². The molecule has 2 heterocycles. The van der Waals surface area contributed by atoms with Crippen LogP contribution in [0, 0.1) is 0 Å². The second-order valence-corrected chi connectivity index (χ2v) is 2.75. The second-order valence-electron chi connectivity index (χ2n) is 2.75. The summed E-state index contributed by atoms with van der Waals surface area (Å²) in [5.41, 5.74) is 5.36. The zero-order chi connectivity index (χ0) is 9.97. The third-order valence-corrected chi connectivity index (χ3v) is 1.90. The van der Waals surface area contributed by atoms with E-state index in [2.05, 4.69) is 15.1 Å². The maximum atomic E-state index is 5.36. The minimum Gasteiger partial charge on any atom is -0.337 e. The maximum Gasteiger partial charge on any atom is 0.240 e. The summed E-state index contributed by atoms with van der Waals surface area (Å²) in [6.45, 7) is 3.09. The van der Waals surface area contributed by atoms with Crippen LogP contribution in [0.25, 0.3) is 11.6 Å². The van der Waals surface area contributed by atoms with Gasteiger partial charge in [-0.15, -0.1) is 0 Å². The molecule has 0 aliphatic rings. The van der Waals surface area contributed by atoms with Crippen LogP contribution in [0.5, 0.6) is 0 Å². The van der Waals surface area contributed by atoms with Crippen LogP contribution in [0.1, 0.15) is 12.8 Å². The molecule has 0 aliphatic carbocycles. The van der Waals surface area contributed by atoms with Gasteiger partial charge in [0.2, 0.25) is 11.7 Å². The lowest BCUT2D eigenvalue weighted by molar-refractivity contribution is 0.380. The first-order valence-electron chi connectivity index (χ1n) is 4.39. The molecule has 2 rings (SSSR count). The van der Waals surface area contributed by atoms with Gasteiger partial charge in [-0.25, -0.2) is 4.98 Å². The Hall–Kier alpha value is -1.69. The minimum absolute atomic E-state index is 0.250. The minimum atomic E-state index is 0.250. The first-order chi connectivity index (χ1) is 6.85. The van der Waals surface area contributed by atoms with Crippen molar-refractivity contribution in [2.24, 2.45) is 5.73 Å². The summed E-state index contributed by atoms with van der Waals surface area (Å²) >= 11 is 0. The molecule has 2 N–H and O–H groups in total. The number of nitrogens with zero attached hydrogens (tertiary/aromatic N) is 4. The molecule has 0 bridgehead atoms. The van der Waals surface area contributed by atoms with Gasteiger partial charge in [0.15, 0.2) is 5.82 Å². The molecule has 6 heteroatoms. The fourth-order valence-corrected chi connectivity index (χ4v) is 1.20. The van der Waals surface area contributed by atoms with Crippen molar-refractivity contribution >= 4 is 0 Å². The lowest BCUT2D eigenvalue weighted by atomic mass is 10.5. The molecule has 0 radical (unpaired) electrons. The lowest BCUT2D eigenvalue weighted by Crippen LogP contribution is -1.99. The number of imidazole rings is 1. The van der Waals surface area contributed by atoms with E-state index in [1.165, 1.54) is 0 Å². The Morgan fingerprint density at radius 3 is 3.07 bits per heavy atom. The van der Waals surface area contributed by atoms with E-state index in [-0.39, 0.29) is 6.54 Å². The fraction of sp³-hybridized carbons (Fsp3) is 0.375. The Labute approximate surface area is 80.7 Å². The van der Waals surface area contributed by atoms with E-state index in [0.717, 1.165) is 6.54 Å². The Kier molecular flexibility index (Phi) is 2.28. The molecule has 0 fully saturated rings. The van der Waals surface area contributed by atoms with Crippen molar-refractivity contribution in [1.29, 1.82) is 0 Å². The van der Waals surface area contributed by atoms with Gasteiger partial charge in [0.25, 0.3) is 0 Å². The summed E-state index contributed by atoms with van der Waals surface area (Å²) in [4.78, 5) is 8.24. The van der Waals surface area contributed by atoms with E-state index < -0.39 is 0 Å². The molecular formula is C8H11N5O. The van der Waals surface area contributed by atoms with Gasteiger partial charge in [0, 0.05) is 18.9 Å². The number of rotatable bonds is 3. The van der Waals surface area contributed by atoms with E-state index in [9.17, 15) is 0 Å². The largest absolute Gasteiger partial charge is 0.337 e. The number of hydrogen-bond acceptors (Lipinski definition) is 5. The quantitative estimate of drug-likeness (QED) is 0.763. The van der Waals surface area contributed by atoms with Crippen LogP contribution in [0.15, 0.2) is 16.9 Å². The summed E-state index contributed by atoms with van der Waals surface area (Å²) in [7, 11) is 0. The second kappa shape index (κ2) is 3.59. The van der Waals surface area contributed by atoms with Crippen molar-refractivity contribution in [3.05, 3.63) is 18.3 Å². The molecule has 0 spiro atoms. The third kappa shape index (κ3) is 1.39. The Morgan fingerprint density at radius 2 is 2.43 bits per heavy atom. The van der Waals surface area contributed by atoms with Crippen molar-refractivity contribution in [1.82, 2.24) is 19.7 Å². The third-order valence-electron chi connectivity index (χ3n) is 1.90. The highest BCUT2D eigenvalue weighted by atomic mass is 16.5. The number of aryl methyl sites for hydroxylation is 1. The van der Waals surface area contributed by atoms with Gasteiger partial charge in [-0.1, -0.05) is 5.16 Å². The fourth-order valence-electron chi connectivity index (χ4n) is 1.20. The average molecular weight is 193 g/mol. The van der Waals surface area contributed by atoms with Crippen molar-refractivity contribution in [2.75, 3.05) is 0 Å². The molecule has 6 nitrogen and oxygen atoms in total. The summed E-state index contributed by atoms with van der Waals surface area (Å²) in [5, 5.41) is 3.79. The SMILES string of the molecule is CCn1ccnc1-c1noc(CN)n1. The molecule has 2 aromatic heterocycles. The molecule has 0 saturated heterocycles. The molecule has 0 atom stereocenters. The monoisotopic (exact) mass is 193 g/mol. The van der Waals surface area contributed by atoms with Gasteiger partial charge in [-0.3, -0.25) is 0 Å². The van der Waals surface area contributed by atoms with Crippen molar-refractivity contribution in [2.45, 2.75) is 20.0 Å². The molecule has 0 aromatic carbocycles. The number of nitrogens with two attached hydrogens (primary N) is 1. The molecule has 74 valence electrons. The molecule has 0 amide bonds. The first-order valence-corrected chi connectivity index (χ1v) is 4.39. The highest BCUT2D eigenvalue weighted by Gasteiger charge is 2.11. The van der Waals surface area contributed by atoms with Crippen LogP contribution in [-0.4, -0.2) is 19.7 Å². The molecule has 0 saturated carbocycles. The zero-order valence-corrected chi connectivity index (χ0v) is 7.84. The normalized spacial score (nSPS) is 10.7. The number of hydrogen-bond donors (Lipinski definition) is 1. The Bertz CT molecular complexity index is 419. The van der Waals surface area contributed by atoms with E-state index in [4.69, 9.17) is 10.3 Å². The first kappa shape index (κ1) is 8.89. The summed E-state index contributed by atoms with van der Waals surface area (Å²) in [5.74, 6) is 1.61. The summed E-state index contributed by atoms with van der Waals surface area (Å²) in [6.07, 6.45) is 3.57. The van der Waals surface area contributed by atoms with Crippen LogP contribution < -0.4 is 5.73 Å². The van der Waals surface area contributed by atoms with Crippen LogP contribution in [-0.2, 0) is 13.1 Å². The van der Waals surface area contributed by atoms with Crippen molar-refractivity contribution < 1.29 is 4.52 Å². The summed E-state index contributed by atoms with van der Waals surface area (Å²) < 4.78 is 6.83. The molecule has 14 heavy (non-hydrogen) atoms. The van der Waals surface area contributed by atoms with Gasteiger partial charge in [-0.2, -0.15) is 4.98 Å². The number of aromatic nitrogens is 4. The van der Waals surface area contributed by atoms with Gasteiger partial charge < -0.3 is 14.8 Å². The van der Waals surface area contributed by atoms with E-state index in [1.54, 1.807) is 6.20 Å². The van der Waals surface area contributed by atoms with Crippen LogP contribution in [0.2, 0.25) is 0 Å². The molecule has 0 aliphatic heterocycles. The van der Waals surface area contributed by atoms with Crippen molar-refractivity contribution in [3.63, 3.8) is 0 Å². The molecule has 0 unspecified atom stereocenters. The topological polar surface area (TPSA) is 82.8 Å². The molecular weight excluding hydrogens is 182 g/mol. The highest BCUT2D eigenvalue weighted by Crippen LogP contribution is 2.12. The predicted octanol–water partition coefficient (Wildman–Crippen LogP) is 0.412. The van der Waals surface area contributed by atoms with Gasteiger partial charge in [0.1, 0.15) is 0 Å². The van der Waals surface area contributed by atoms with Crippen molar-refractivity contribution in [3.8, 4) is 11.6 Å². The van der Waals surface area contributed by atoms with Gasteiger partial charge in [0.05, 0.1) is 6.54 Å².